The molecule has 0 saturated carbocycles. The zero-order chi connectivity index (χ0) is 19.9. The fourth-order valence-corrected chi connectivity index (χ4v) is 5.13. The summed E-state index contributed by atoms with van der Waals surface area (Å²) < 4.78 is 28.1. The van der Waals surface area contributed by atoms with Crippen LogP contribution in [0.5, 0.6) is 0 Å². The zero-order valence-corrected chi connectivity index (χ0v) is 16.6. The quantitative estimate of drug-likeness (QED) is 0.761. The molecule has 1 aliphatic carbocycles. The molecular weight excluding hydrogens is 380 g/mol. The first-order valence-electron chi connectivity index (χ1n) is 9.20. The lowest BCUT2D eigenvalue weighted by atomic mass is 9.82. The molecule has 0 radical (unpaired) electrons. The number of halogens is 2. The van der Waals surface area contributed by atoms with Crippen LogP contribution in [-0.4, -0.2) is 41.5 Å². The Morgan fingerprint density at radius 3 is 2.79 bits per heavy atom. The van der Waals surface area contributed by atoms with Gasteiger partial charge in [0.2, 0.25) is 5.91 Å². The van der Waals surface area contributed by atoms with Crippen molar-refractivity contribution < 1.29 is 13.6 Å². The molecule has 0 bridgehead atoms. The lowest BCUT2D eigenvalue weighted by Gasteiger charge is -2.44. The van der Waals surface area contributed by atoms with Gasteiger partial charge in [0.05, 0.1) is 0 Å². The first-order valence-corrected chi connectivity index (χ1v) is 10.0. The molecule has 1 amide bonds. The van der Waals surface area contributed by atoms with E-state index >= 15 is 0 Å². The van der Waals surface area contributed by atoms with Crippen LogP contribution in [0.1, 0.15) is 29.5 Å². The molecule has 1 heterocycles. The minimum Gasteiger partial charge on any atom is -0.309 e. The van der Waals surface area contributed by atoms with Gasteiger partial charge in [-0.25, -0.2) is 13.8 Å². The van der Waals surface area contributed by atoms with E-state index in [-0.39, 0.29) is 11.5 Å². The van der Waals surface area contributed by atoms with Crippen molar-refractivity contribution >= 4 is 22.7 Å². The first kappa shape index (κ1) is 19.1. The second-order valence-electron chi connectivity index (χ2n) is 7.36. The highest BCUT2D eigenvalue weighted by Gasteiger charge is 2.55. The molecule has 2 aromatic rings. The van der Waals surface area contributed by atoms with Crippen molar-refractivity contribution in [2.45, 2.75) is 24.1 Å². The Morgan fingerprint density at radius 2 is 2.04 bits per heavy atom. The third-order valence-corrected chi connectivity index (χ3v) is 6.43. The van der Waals surface area contributed by atoms with Crippen molar-refractivity contribution in [3.63, 3.8) is 0 Å². The maximum absolute atomic E-state index is 14.3. The summed E-state index contributed by atoms with van der Waals surface area (Å²) in [5.74, 6) is -1.17. The van der Waals surface area contributed by atoms with Crippen molar-refractivity contribution in [1.82, 2.24) is 9.91 Å². The fourth-order valence-electron chi connectivity index (χ4n) is 3.66. The number of amides is 1. The largest absolute Gasteiger partial charge is 0.309 e. The zero-order valence-electron chi connectivity index (χ0n) is 15.8. The van der Waals surface area contributed by atoms with Crippen LogP contribution in [0.4, 0.5) is 8.78 Å². The number of thioether (sulfide) groups is 1. The normalized spacial score (nSPS) is 20.3. The van der Waals surface area contributed by atoms with Gasteiger partial charge in [-0.2, -0.15) is 5.10 Å². The lowest BCUT2D eigenvalue weighted by Crippen LogP contribution is -2.49. The summed E-state index contributed by atoms with van der Waals surface area (Å²) in [7, 11) is 3.92. The number of fused-ring (bicyclic) bond motifs is 2. The van der Waals surface area contributed by atoms with Crippen LogP contribution in [0, 0.1) is 11.6 Å². The van der Waals surface area contributed by atoms with Gasteiger partial charge in [-0.3, -0.25) is 4.79 Å². The predicted octanol–water partition coefficient (Wildman–Crippen LogP) is 3.95. The van der Waals surface area contributed by atoms with E-state index in [9.17, 15) is 13.6 Å². The van der Waals surface area contributed by atoms with E-state index in [0.717, 1.165) is 35.9 Å². The van der Waals surface area contributed by atoms with Crippen LogP contribution in [0.25, 0.3) is 0 Å². The maximum Gasteiger partial charge on any atom is 0.244 e. The molecule has 146 valence electrons. The van der Waals surface area contributed by atoms with E-state index in [4.69, 9.17) is 0 Å². The van der Waals surface area contributed by atoms with Crippen molar-refractivity contribution in [3.8, 4) is 0 Å². The summed E-state index contributed by atoms with van der Waals surface area (Å²) in [6.45, 7) is 0.797. The molecule has 0 fully saturated rings. The minimum absolute atomic E-state index is 0.0948. The number of hydrogen-bond acceptors (Lipinski definition) is 4. The average molecular weight is 401 g/mol. The van der Waals surface area contributed by atoms with Crippen molar-refractivity contribution in [1.29, 1.82) is 0 Å². The third kappa shape index (κ3) is 3.22. The van der Waals surface area contributed by atoms with Gasteiger partial charge in [0.1, 0.15) is 21.5 Å². The van der Waals surface area contributed by atoms with Gasteiger partial charge in [0, 0.05) is 18.4 Å². The Balaban J connectivity index is 1.68. The molecule has 1 atom stereocenters. The van der Waals surface area contributed by atoms with Gasteiger partial charge >= 0.3 is 0 Å². The van der Waals surface area contributed by atoms with E-state index in [0.29, 0.717) is 24.3 Å². The third-order valence-electron chi connectivity index (χ3n) is 5.06. The molecular formula is C21H21F2N3OS. The number of carbonyl (C=O) groups is 1. The van der Waals surface area contributed by atoms with E-state index < -0.39 is 16.5 Å². The Kier molecular flexibility index (Phi) is 4.97. The van der Waals surface area contributed by atoms with Gasteiger partial charge in [0.15, 0.2) is 0 Å². The summed E-state index contributed by atoms with van der Waals surface area (Å²) in [4.78, 5) is 14.4. The van der Waals surface area contributed by atoms with Crippen LogP contribution in [0.3, 0.4) is 0 Å². The highest BCUT2D eigenvalue weighted by molar-refractivity contribution is 8.15. The number of hydrogen-bond donors (Lipinski definition) is 0. The molecule has 7 heteroatoms. The fraction of sp³-hybridized carbons (Fsp3) is 0.333. The first-order chi connectivity index (χ1) is 13.4. The molecule has 2 aromatic carbocycles. The van der Waals surface area contributed by atoms with Crippen LogP contribution in [0.15, 0.2) is 47.6 Å². The molecule has 28 heavy (non-hydrogen) atoms. The maximum atomic E-state index is 14.3. The van der Waals surface area contributed by atoms with Crippen LogP contribution < -0.4 is 0 Å². The number of carbonyl (C=O) groups excluding carboxylic acids is 1. The molecule has 1 unspecified atom stereocenters. The van der Waals surface area contributed by atoms with Crippen molar-refractivity contribution in [2.24, 2.45) is 5.10 Å². The Morgan fingerprint density at radius 1 is 1.25 bits per heavy atom. The topological polar surface area (TPSA) is 35.9 Å². The highest BCUT2D eigenvalue weighted by atomic mass is 32.2. The minimum atomic E-state index is -0.667. The molecule has 2 aliphatic rings. The Labute approximate surface area is 167 Å². The van der Waals surface area contributed by atoms with E-state index in [1.54, 1.807) is 0 Å². The smallest absolute Gasteiger partial charge is 0.244 e. The van der Waals surface area contributed by atoms with Gasteiger partial charge in [-0.05, 0) is 56.4 Å². The summed E-state index contributed by atoms with van der Waals surface area (Å²) >= 11 is 1.33. The van der Waals surface area contributed by atoms with E-state index in [1.807, 2.05) is 43.3 Å². The predicted molar refractivity (Wildman–Crippen MR) is 107 cm³/mol. The molecule has 4 rings (SSSR count). The van der Waals surface area contributed by atoms with Gasteiger partial charge < -0.3 is 4.90 Å². The summed E-state index contributed by atoms with van der Waals surface area (Å²) in [5.41, 5.74) is 2.26. The second kappa shape index (κ2) is 7.29. The van der Waals surface area contributed by atoms with E-state index in [2.05, 4.69) is 5.10 Å². The van der Waals surface area contributed by atoms with Gasteiger partial charge in [0.25, 0.3) is 0 Å². The average Bonchev–Trinajstić information content (AvgIpc) is 3.05. The van der Waals surface area contributed by atoms with Crippen LogP contribution >= 0.6 is 11.8 Å². The molecule has 0 aromatic heterocycles. The standard InChI is InChI=1S/C21H21F2N3OS/c1-25(2)11-5-8-19(27)26-21(13-14-6-3-4-7-17(14)21)28-20(24-26)16-12-15(22)9-10-18(16)23/h3-4,6-7,9-10,12H,5,8,11,13H2,1-2H3. The monoisotopic (exact) mass is 401 g/mol. The number of nitrogens with zero attached hydrogens (tertiary/aromatic N) is 3. The van der Waals surface area contributed by atoms with E-state index in [1.165, 1.54) is 16.8 Å². The number of rotatable bonds is 5. The molecule has 0 saturated heterocycles. The number of hydrazone groups is 1. The summed E-state index contributed by atoms with van der Waals surface area (Å²) in [6, 6.07) is 11.2. The molecule has 1 aliphatic heterocycles. The molecule has 4 nitrogen and oxygen atoms in total. The van der Waals surface area contributed by atoms with Gasteiger partial charge in [-0.15, -0.1) is 0 Å². The molecule has 0 N–H and O–H groups in total. The van der Waals surface area contributed by atoms with Crippen molar-refractivity contribution in [3.05, 3.63) is 70.8 Å². The molecule has 1 spiro atoms. The Hall–Kier alpha value is -2.25. The number of benzene rings is 2. The SMILES string of the molecule is CN(C)CCCC(=O)N1N=C(c2cc(F)ccc2F)SC12Cc1ccccc12. The summed E-state index contributed by atoms with van der Waals surface area (Å²) in [6.07, 6.45) is 1.70. The highest BCUT2D eigenvalue weighted by Crippen LogP contribution is 2.56. The second-order valence-corrected chi connectivity index (χ2v) is 8.63. The van der Waals surface area contributed by atoms with Crippen LogP contribution in [0.2, 0.25) is 0 Å². The van der Waals surface area contributed by atoms with Crippen LogP contribution in [-0.2, 0) is 16.1 Å². The van der Waals surface area contributed by atoms with Gasteiger partial charge in [-0.1, -0.05) is 36.0 Å². The van der Waals surface area contributed by atoms with Crippen molar-refractivity contribution in [2.75, 3.05) is 20.6 Å². The summed E-state index contributed by atoms with van der Waals surface area (Å²) in [5, 5.41) is 6.31. The Bertz CT molecular complexity index is 962. The lowest BCUT2D eigenvalue weighted by molar-refractivity contribution is -0.135.